The molecule has 1 amide bonds. The van der Waals surface area contributed by atoms with E-state index in [1.807, 2.05) is 0 Å². The number of hydrogen-bond donors (Lipinski definition) is 3. The zero-order chi connectivity index (χ0) is 21.3. The second-order valence-electron chi connectivity index (χ2n) is 6.80. The third kappa shape index (κ3) is 3.26. The molecule has 0 bridgehead atoms. The van der Waals surface area contributed by atoms with Crippen LogP contribution in [0.3, 0.4) is 0 Å². The van der Waals surface area contributed by atoms with Crippen molar-refractivity contribution in [3.05, 3.63) is 59.6 Å². The molecule has 2 aliphatic rings. The van der Waals surface area contributed by atoms with Crippen LogP contribution in [0.1, 0.15) is 11.1 Å². The Morgan fingerprint density at radius 1 is 1.40 bits per heavy atom. The van der Waals surface area contributed by atoms with Gasteiger partial charge in [-0.15, -0.1) is 0 Å². The highest BCUT2D eigenvalue weighted by Crippen LogP contribution is 2.46. The first kappa shape index (κ1) is 19.5. The summed E-state index contributed by atoms with van der Waals surface area (Å²) in [5.74, 6) is -0.492. The molecule has 0 radical (unpaired) electrons. The number of allylic oxidation sites excluding steroid dienone is 1. The summed E-state index contributed by atoms with van der Waals surface area (Å²) < 4.78 is 30.6. The van der Waals surface area contributed by atoms with E-state index in [1.54, 1.807) is 12.1 Å². The highest BCUT2D eigenvalue weighted by atomic mass is 19.1. The molecule has 1 saturated heterocycles. The van der Waals surface area contributed by atoms with Gasteiger partial charge >= 0.3 is 6.09 Å². The van der Waals surface area contributed by atoms with Crippen molar-refractivity contribution in [2.45, 2.75) is 12.1 Å². The lowest BCUT2D eigenvalue weighted by Gasteiger charge is -2.51. The van der Waals surface area contributed by atoms with Gasteiger partial charge in [0, 0.05) is 35.7 Å². The Bertz CT molecular complexity index is 1070. The van der Waals surface area contributed by atoms with Crippen molar-refractivity contribution in [2.24, 2.45) is 0 Å². The summed E-state index contributed by atoms with van der Waals surface area (Å²) in [5.41, 5.74) is 5.66. The number of carbonyl (C=O) groups excluding carboxylic acids is 1. The van der Waals surface area contributed by atoms with Gasteiger partial charge in [-0.3, -0.25) is 10.3 Å². The maximum Gasteiger partial charge on any atom is 0.416 e. The Kier molecular flexibility index (Phi) is 4.92. The van der Waals surface area contributed by atoms with E-state index < -0.39 is 17.4 Å². The Morgan fingerprint density at radius 2 is 2.20 bits per heavy atom. The lowest BCUT2D eigenvalue weighted by molar-refractivity contribution is -0.143. The van der Waals surface area contributed by atoms with Crippen LogP contribution >= 0.6 is 0 Å². The van der Waals surface area contributed by atoms with Crippen LogP contribution in [0.2, 0.25) is 0 Å². The minimum atomic E-state index is -0.804. The Morgan fingerprint density at radius 3 is 2.90 bits per heavy atom. The van der Waals surface area contributed by atoms with Crippen molar-refractivity contribution in [3.8, 4) is 11.5 Å². The maximum atomic E-state index is 14.4. The third-order valence-corrected chi connectivity index (χ3v) is 4.97. The van der Waals surface area contributed by atoms with Crippen LogP contribution in [0.5, 0.6) is 11.5 Å². The molecule has 0 atom stereocenters. The maximum absolute atomic E-state index is 14.4. The molecule has 1 fully saturated rings. The molecule has 4 rings (SSSR count). The van der Waals surface area contributed by atoms with Crippen LogP contribution in [0, 0.1) is 16.6 Å². The number of carbonyl (C=O) groups is 1. The largest absolute Gasteiger partial charge is 0.440 e. The molecule has 1 aromatic carbocycles. The molecule has 2 aliphatic heterocycles. The van der Waals surface area contributed by atoms with E-state index in [9.17, 15) is 9.18 Å². The van der Waals surface area contributed by atoms with Crippen molar-refractivity contribution >= 4 is 24.0 Å². The zero-order valence-corrected chi connectivity index (χ0v) is 15.7. The summed E-state index contributed by atoms with van der Waals surface area (Å²) in [5, 5.41) is 14.7. The highest BCUT2D eigenvalue weighted by molar-refractivity contribution is 5.90. The van der Waals surface area contributed by atoms with Crippen molar-refractivity contribution in [1.29, 1.82) is 10.8 Å². The minimum Gasteiger partial charge on any atom is -0.440 e. The van der Waals surface area contributed by atoms with Gasteiger partial charge in [0.2, 0.25) is 5.90 Å². The fraction of sp³-hybridized carbons (Fsp3) is 0.200. The first-order valence-electron chi connectivity index (χ1n) is 8.99. The molecule has 3 heterocycles. The van der Waals surface area contributed by atoms with Gasteiger partial charge in [0.15, 0.2) is 11.6 Å². The van der Waals surface area contributed by atoms with Gasteiger partial charge < -0.3 is 25.4 Å². The predicted molar refractivity (Wildman–Crippen MR) is 105 cm³/mol. The first-order valence-corrected chi connectivity index (χ1v) is 8.99. The molecule has 0 unspecified atom stereocenters. The van der Waals surface area contributed by atoms with E-state index in [4.69, 9.17) is 30.8 Å². The van der Waals surface area contributed by atoms with Crippen LogP contribution in [-0.4, -0.2) is 41.3 Å². The van der Waals surface area contributed by atoms with Crippen LogP contribution < -0.4 is 15.2 Å². The average Bonchev–Trinajstić information content (AvgIpc) is 2.69. The normalized spacial score (nSPS) is 16.7. The van der Waals surface area contributed by atoms with Gasteiger partial charge in [-0.2, -0.15) is 0 Å². The SMILES string of the molecule is N=C/C=C\C(=N)Oc1ccc2c(c1)OC(=O)N(Cc1ccnc(N)c1F)C21COC1. The van der Waals surface area contributed by atoms with Crippen molar-refractivity contribution in [2.75, 3.05) is 18.9 Å². The van der Waals surface area contributed by atoms with Crippen molar-refractivity contribution in [1.82, 2.24) is 9.88 Å². The molecule has 30 heavy (non-hydrogen) atoms. The molecule has 0 saturated carbocycles. The predicted octanol–water partition coefficient (Wildman–Crippen LogP) is 2.60. The van der Waals surface area contributed by atoms with Gasteiger partial charge in [0.25, 0.3) is 0 Å². The van der Waals surface area contributed by atoms with Crippen LogP contribution in [0.25, 0.3) is 0 Å². The molecule has 154 valence electrons. The number of nitrogen functional groups attached to an aromatic ring is 1. The standard InChI is InChI=1S/C20H18FN5O4/c21-17-12(5-7-25-18(17)24)9-26-19(27)30-15-8-13(29-16(23)2-1-6-22)3-4-14(15)20(26)10-28-11-20/h1-8,22-23H,9-11H2,(H2,24,25)/b2-1-,22-6?,23-16?. The fourth-order valence-electron chi connectivity index (χ4n) is 3.42. The van der Waals surface area contributed by atoms with Gasteiger partial charge in [0.05, 0.1) is 19.8 Å². The van der Waals surface area contributed by atoms with Gasteiger partial charge in [-0.05, 0) is 24.3 Å². The average molecular weight is 411 g/mol. The van der Waals surface area contributed by atoms with Gasteiger partial charge in [-0.25, -0.2) is 14.2 Å². The number of benzene rings is 1. The van der Waals surface area contributed by atoms with E-state index in [1.165, 1.54) is 35.4 Å². The summed E-state index contributed by atoms with van der Waals surface area (Å²) in [7, 11) is 0. The molecule has 1 spiro atoms. The van der Waals surface area contributed by atoms with E-state index in [2.05, 4.69) is 4.98 Å². The summed E-state index contributed by atoms with van der Waals surface area (Å²) >= 11 is 0. The number of hydrogen-bond acceptors (Lipinski definition) is 8. The number of nitrogens with two attached hydrogens (primary N) is 1. The smallest absolute Gasteiger partial charge is 0.416 e. The zero-order valence-electron chi connectivity index (χ0n) is 15.7. The molecule has 9 nitrogen and oxygen atoms in total. The lowest BCUT2D eigenvalue weighted by atomic mass is 9.84. The van der Waals surface area contributed by atoms with Crippen LogP contribution in [0.15, 0.2) is 42.6 Å². The summed E-state index contributed by atoms with van der Waals surface area (Å²) in [6, 6.07) is 6.36. The second-order valence-corrected chi connectivity index (χ2v) is 6.80. The monoisotopic (exact) mass is 411 g/mol. The van der Waals surface area contributed by atoms with Crippen LogP contribution in [0.4, 0.5) is 15.0 Å². The molecular weight excluding hydrogens is 393 g/mol. The molecule has 10 heteroatoms. The summed E-state index contributed by atoms with van der Waals surface area (Å²) in [6.07, 6.45) is 4.42. The number of nitrogens with zero attached hydrogens (tertiary/aromatic N) is 2. The van der Waals surface area contributed by atoms with Crippen LogP contribution in [-0.2, 0) is 16.8 Å². The van der Waals surface area contributed by atoms with Gasteiger partial charge in [-0.1, -0.05) is 0 Å². The van der Waals surface area contributed by atoms with Crippen molar-refractivity contribution < 1.29 is 23.4 Å². The lowest BCUT2D eigenvalue weighted by Crippen LogP contribution is -2.63. The quantitative estimate of drug-likeness (QED) is 0.511. The number of pyridine rings is 1. The molecule has 4 N–H and O–H groups in total. The second kappa shape index (κ2) is 7.56. The molecular formula is C20H18FN5O4. The van der Waals surface area contributed by atoms with E-state index >= 15 is 0 Å². The van der Waals surface area contributed by atoms with E-state index in [0.29, 0.717) is 11.3 Å². The number of ether oxygens (including phenoxy) is 3. The number of rotatable bonds is 5. The Balaban J connectivity index is 1.65. The molecule has 2 aromatic rings. The number of nitrogens with one attached hydrogen (secondary N) is 2. The summed E-state index contributed by atoms with van der Waals surface area (Å²) in [4.78, 5) is 17.9. The number of aromatic nitrogens is 1. The summed E-state index contributed by atoms with van der Waals surface area (Å²) in [6.45, 7) is 0.405. The Hall–Kier alpha value is -3.79. The molecule has 0 aliphatic carbocycles. The first-order chi connectivity index (χ1) is 14.4. The molecule has 1 aromatic heterocycles. The van der Waals surface area contributed by atoms with E-state index in [-0.39, 0.29) is 42.8 Å². The topological polar surface area (TPSA) is 135 Å². The fourth-order valence-corrected chi connectivity index (χ4v) is 3.42. The number of fused-ring (bicyclic) bond motifs is 2. The Labute approximate surface area is 170 Å². The van der Waals surface area contributed by atoms with Gasteiger partial charge in [0.1, 0.15) is 17.0 Å². The number of halogens is 1. The van der Waals surface area contributed by atoms with E-state index in [0.717, 1.165) is 6.21 Å². The third-order valence-electron chi connectivity index (χ3n) is 4.97. The number of amides is 1. The minimum absolute atomic E-state index is 0.0580. The number of anilines is 1. The highest BCUT2D eigenvalue weighted by Gasteiger charge is 2.53. The van der Waals surface area contributed by atoms with Crippen molar-refractivity contribution in [3.63, 3.8) is 0 Å².